The van der Waals surface area contributed by atoms with Gasteiger partial charge in [-0.05, 0) is 38.5 Å². The molecule has 2 aromatic rings. The van der Waals surface area contributed by atoms with Crippen molar-refractivity contribution >= 4 is 11.0 Å². The minimum Gasteiger partial charge on any atom is -0.387 e. The molecular formula is C13H18N2O2. The van der Waals surface area contributed by atoms with E-state index in [0.29, 0.717) is 6.54 Å². The lowest BCUT2D eigenvalue weighted by atomic mass is 10.1. The molecule has 0 bridgehead atoms. The van der Waals surface area contributed by atoms with Gasteiger partial charge in [-0.15, -0.1) is 0 Å². The SMILES string of the molecule is CC(C)(C)NC[C@H](O)c1ccc2oncc2c1. The fourth-order valence-electron chi connectivity index (χ4n) is 1.62. The van der Waals surface area contributed by atoms with E-state index in [-0.39, 0.29) is 5.54 Å². The van der Waals surface area contributed by atoms with Crippen LogP contribution >= 0.6 is 0 Å². The van der Waals surface area contributed by atoms with Crippen molar-refractivity contribution in [1.82, 2.24) is 10.5 Å². The predicted octanol–water partition coefficient (Wildman–Crippen LogP) is 2.25. The van der Waals surface area contributed by atoms with Crippen LogP contribution in [-0.4, -0.2) is 22.3 Å². The molecule has 1 aromatic heterocycles. The second-order valence-electron chi connectivity index (χ2n) is 5.27. The Labute approximate surface area is 101 Å². The van der Waals surface area contributed by atoms with Crippen LogP contribution in [-0.2, 0) is 0 Å². The molecule has 0 amide bonds. The lowest BCUT2D eigenvalue weighted by molar-refractivity contribution is 0.163. The first-order chi connectivity index (χ1) is 7.96. The van der Waals surface area contributed by atoms with Gasteiger partial charge in [0.1, 0.15) is 0 Å². The van der Waals surface area contributed by atoms with Gasteiger partial charge in [0, 0.05) is 17.5 Å². The van der Waals surface area contributed by atoms with Crippen LogP contribution in [0.1, 0.15) is 32.4 Å². The molecule has 0 aliphatic carbocycles. The first-order valence-corrected chi connectivity index (χ1v) is 5.73. The molecule has 0 saturated heterocycles. The molecule has 0 spiro atoms. The molecule has 4 nitrogen and oxygen atoms in total. The number of benzene rings is 1. The van der Waals surface area contributed by atoms with E-state index in [0.717, 1.165) is 16.5 Å². The summed E-state index contributed by atoms with van der Waals surface area (Å²) in [4.78, 5) is 0. The zero-order valence-corrected chi connectivity index (χ0v) is 10.4. The summed E-state index contributed by atoms with van der Waals surface area (Å²) in [5, 5.41) is 18.0. The highest BCUT2D eigenvalue weighted by Gasteiger charge is 2.14. The summed E-state index contributed by atoms with van der Waals surface area (Å²) in [6, 6.07) is 5.60. The Morgan fingerprint density at radius 2 is 2.18 bits per heavy atom. The molecule has 1 aromatic carbocycles. The van der Waals surface area contributed by atoms with Gasteiger partial charge in [-0.2, -0.15) is 0 Å². The van der Waals surface area contributed by atoms with E-state index in [1.807, 2.05) is 18.2 Å². The number of aliphatic hydroxyl groups excluding tert-OH is 1. The molecule has 2 rings (SSSR count). The Bertz CT molecular complexity index is 499. The lowest BCUT2D eigenvalue weighted by Crippen LogP contribution is -2.38. The number of rotatable bonds is 3. The summed E-state index contributed by atoms with van der Waals surface area (Å²) in [7, 11) is 0. The molecule has 1 atom stereocenters. The Morgan fingerprint density at radius 1 is 1.41 bits per heavy atom. The average molecular weight is 234 g/mol. The monoisotopic (exact) mass is 234 g/mol. The van der Waals surface area contributed by atoms with Crippen molar-refractivity contribution in [1.29, 1.82) is 0 Å². The van der Waals surface area contributed by atoms with Gasteiger partial charge in [-0.3, -0.25) is 0 Å². The topological polar surface area (TPSA) is 58.3 Å². The van der Waals surface area contributed by atoms with Gasteiger partial charge in [-0.1, -0.05) is 11.2 Å². The molecule has 0 aliphatic heterocycles. The summed E-state index contributed by atoms with van der Waals surface area (Å²) >= 11 is 0. The number of β-amino-alcohol motifs (C(OH)–C–C–N with tert-alkyl or cyclic N) is 1. The standard InChI is InChI=1S/C13H18N2O2/c1-13(2,3)14-8-11(16)9-4-5-12-10(6-9)7-15-17-12/h4-7,11,14,16H,8H2,1-3H3/t11-/m0/s1. The highest BCUT2D eigenvalue weighted by Crippen LogP contribution is 2.20. The second kappa shape index (κ2) is 4.47. The van der Waals surface area contributed by atoms with Gasteiger partial charge in [-0.25, -0.2) is 0 Å². The third kappa shape index (κ3) is 3.05. The van der Waals surface area contributed by atoms with Crippen molar-refractivity contribution < 1.29 is 9.63 Å². The fourth-order valence-corrected chi connectivity index (χ4v) is 1.62. The van der Waals surface area contributed by atoms with Crippen LogP contribution in [0.4, 0.5) is 0 Å². The maximum Gasteiger partial charge on any atom is 0.166 e. The van der Waals surface area contributed by atoms with Crippen LogP contribution in [0.5, 0.6) is 0 Å². The molecule has 4 heteroatoms. The first kappa shape index (κ1) is 12.1. The van der Waals surface area contributed by atoms with Crippen LogP contribution in [0, 0.1) is 0 Å². The Morgan fingerprint density at radius 3 is 2.88 bits per heavy atom. The van der Waals surface area contributed by atoms with Gasteiger partial charge in [0.2, 0.25) is 0 Å². The molecular weight excluding hydrogens is 216 g/mol. The first-order valence-electron chi connectivity index (χ1n) is 5.73. The van der Waals surface area contributed by atoms with Crippen molar-refractivity contribution in [2.45, 2.75) is 32.4 Å². The number of aliphatic hydroxyl groups is 1. The Hall–Kier alpha value is -1.39. The predicted molar refractivity (Wildman–Crippen MR) is 66.7 cm³/mol. The van der Waals surface area contributed by atoms with Gasteiger partial charge in [0.15, 0.2) is 5.58 Å². The maximum absolute atomic E-state index is 10.1. The van der Waals surface area contributed by atoms with Crippen LogP contribution in [0.3, 0.4) is 0 Å². The van der Waals surface area contributed by atoms with Crippen LogP contribution < -0.4 is 5.32 Å². The number of fused-ring (bicyclic) bond motifs is 1. The number of hydrogen-bond donors (Lipinski definition) is 2. The highest BCUT2D eigenvalue weighted by atomic mass is 16.5. The molecule has 0 unspecified atom stereocenters. The third-order valence-electron chi connectivity index (χ3n) is 2.59. The molecule has 0 aliphatic rings. The molecule has 92 valence electrons. The smallest absolute Gasteiger partial charge is 0.166 e. The van der Waals surface area contributed by atoms with E-state index in [4.69, 9.17) is 4.52 Å². The van der Waals surface area contributed by atoms with Crippen molar-refractivity contribution in [2.75, 3.05) is 6.54 Å². The Balaban J connectivity index is 2.10. The van der Waals surface area contributed by atoms with E-state index >= 15 is 0 Å². The van der Waals surface area contributed by atoms with E-state index in [1.54, 1.807) is 6.20 Å². The second-order valence-corrected chi connectivity index (χ2v) is 5.27. The normalized spacial score (nSPS) is 14.1. The van der Waals surface area contributed by atoms with Gasteiger partial charge in [0.25, 0.3) is 0 Å². The highest BCUT2D eigenvalue weighted by molar-refractivity contribution is 5.76. The molecule has 17 heavy (non-hydrogen) atoms. The number of nitrogens with zero attached hydrogens (tertiary/aromatic N) is 1. The zero-order valence-electron chi connectivity index (χ0n) is 10.4. The summed E-state index contributed by atoms with van der Waals surface area (Å²) in [6.45, 7) is 6.75. The Kier molecular flexibility index (Phi) is 3.17. The quantitative estimate of drug-likeness (QED) is 0.855. The van der Waals surface area contributed by atoms with Gasteiger partial charge in [0.05, 0.1) is 12.3 Å². The van der Waals surface area contributed by atoms with Crippen molar-refractivity contribution in [3.8, 4) is 0 Å². The molecule has 1 heterocycles. The largest absolute Gasteiger partial charge is 0.387 e. The van der Waals surface area contributed by atoms with E-state index in [2.05, 4.69) is 31.2 Å². The van der Waals surface area contributed by atoms with Crippen molar-refractivity contribution in [2.24, 2.45) is 0 Å². The number of aromatic nitrogens is 1. The summed E-state index contributed by atoms with van der Waals surface area (Å²) in [6.07, 6.45) is 1.14. The summed E-state index contributed by atoms with van der Waals surface area (Å²) in [5.41, 5.74) is 1.62. The molecule has 0 saturated carbocycles. The van der Waals surface area contributed by atoms with Crippen molar-refractivity contribution in [3.63, 3.8) is 0 Å². The summed E-state index contributed by atoms with van der Waals surface area (Å²) < 4.78 is 5.02. The van der Waals surface area contributed by atoms with Crippen LogP contribution in [0.25, 0.3) is 11.0 Å². The van der Waals surface area contributed by atoms with E-state index in [1.165, 1.54) is 0 Å². The lowest BCUT2D eigenvalue weighted by Gasteiger charge is -2.23. The molecule has 0 radical (unpaired) electrons. The minimum absolute atomic E-state index is 0.00226. The average Bonchev–Trinajstić information content (AvgIpc) is 2.71. The number of hydrogen-bond acceptors (Lipinski definition) is 4. The van der Waals surface area contributed by atoms with Gasteiger partial charge >= 0.3 is 0 Å². The van der Waals surface area contributed by atoms with Gasteiger partial charge < -0.3 is 14.9 Å². The summed E-state index contributed by atoms with van der Waals surface area (Å²) in [5.74, 6) is 0. The third-order valence-corrected chi connectivity index (χ3v) is 2.59. The zero-order chi connectivity index (χ0) is 12.5. The minimum atomic E-state index is -0.520. The van der Waals surface area contributed by atoms with E-state index < -0.39 is 6.10 Å². The maximum atomic E-state index is 10.1. The van der Waals surface area contributed by atoms with Crippen LogP contribution in [0.15, 0.2) is 28.9 Å². The molecule has 2 N–H and O–H groups in total. The van der Waals surface area contributed by atoms with Crippen LogP contribution in [0.2, 0.25) is 0 Å². The van der Waals surface area contributed by atoms with Crippen molar-refractivity contribution in [3.05, 3.63) is 30.0 Å². The molecule has 0 fully saturated rings. The van der Waals surface area contributed by atoms with E-state index in [9.17, 15) is 5.11 Å². The fraction of sp³-hybridized carbons (Fsp3) is 0.462. The number of nitrogens with one attached hydrogen (secondary N) is 1.